The van der Waals surface area contributed by atoms with Crippen LogP contribution >= 0.6 is 11.6 Å². The SMILES string of the molecule is Cc1ccccc1CCNC(=O)Nc1cccc(Cl)c1. The Labute approximate surface area is 124 Å². The Morgan fingerprint density at radius 1 is 1.15 bits per heavy atom. The van der Waals surface area contributed by atoms with Crippen molar-refractivity contribution < 1.29 is 4.79 Å². The van der Waals surface area contributed by atoms with Crippen molar-refractivity contribution in [1.82, 2.24) is 5.32 Å². The van der Waals surface area contributed by atoms with E-state index in [1.165, 1.54) is 11.1 Å². The summed E-state index contributed by atoms with van der Waals surface area (Å²) in [4.78, 5) is 11.7. The van der Waals surface area contributed by atoms with Gasteiger partial charge in [0.25, 0.3) is 0 Å². The number of urea groups is 1. The molecule has 3 nitrogen and oxygen atoms in total. The molecule has 0 bridgehead atoms. The average Bonchev–Trinajstić information content (AvgIpc) is 2.41. The van der Waals surface area contributed by atoms with Crippen LogP contribution in [0.3, 0.4) is 0 Å². The largest absolute Gasteiger partial charge is 0.338 e. The van der Waals surface area contributed by atoms with Crippen molar-refractivity contribution in [3.63, 3.8) is 0 Å². The van der Waals surface area contributed by atoms with Gasteiger partial charge in [-0.1, -0.05) is 41.9 Å². The normalized spacial score (nSPS) is 10.1. The summed E-state index contributed by atoms with van der Waals surface area (Å²) < 4.78 is 0. The molecule has 0 aliphatic heterocycles. The Morgan fingerprint density at radius 2 is 1.95 bits per heavy atom. The molecule has 0 saturated carbocycles. The minimum Gasteiger partial charge on any atom is -0.338 e. The van der Waals surface area contributed by atoms with Crippen molar-refractivity contribution in [2.75, 3.05) is 11.9 Å². The van der Waals surface area contributed by atoms with E-state index < -0.39 is 0 Å². The molecular weight excluding hydrogens is 272 g/mol. The Bertz CT molecular complexity index is 599. The van der Waals surface area contributed by atoms with Gasteiger partial charge in [-0.25, -0.2) is 4.79 Å². The molecule has 4 heteroatoms. The third-order valence-electron chi connectivity index (χ3n) is 3.02. The van der Waals surface area contributed by atoms with Crippen LogP contribution in [0.25, 0.3) is 0 Å². The van der Waals surface area contributed by atoms with Crippen LogP contribution in [0.2, 0.25) is 5.02 Å². The lowest BCUT2D eigenvalue weighted by Crippen LogP contribution is -2.30. The molecule has 20 heavy (non-hydrogen) atoms. The predicted molar refractivity (Wildman–Crippen MR) is 83.4 cm³/mol. The molecule has 0 fully saturated rings. The third kappa shape index (κ3) is 4.28. The first-order valence-electron chi connectivity index (χ1n) is 6.50. The number of aryl methyl sites for hydroxylation is 1. The summed E-state index contributed by atoms with van der Waals surface area (Å²) in [6, 6.07) is 15.0. The number of hydrogen-bond donors (Lipinski definition) is 2. The van der Waals surface area contributed by atoms with Crippen LogP contribution in [0.1, 0.15) is 11.1 Å². The third-order valence-corrected chi connectivity index (χ3v) is 3.26. The van der Waals surface area contributed by atoms with E-state index in [0.717, 1.165) is 6.42 Å². The molecule has 104 valence electrons. The fourth-order valence-corrected chi connectivity index (χ4v) is 2.13. The van der Waals surface area contributed by atoms with Crippen molar-refractivity contribution >= 4 is 23.3 Å². The van der Waals surface area contributed by atoms with Crippen molar-refractivity contribution in [1.29, 1.82) is 0 Å². The maximum atomic E-state index is 11.7. The van der Waals surface area contributed by atoms with Gasteiger partial charge in [0.05, 0.1) is 0 Å². The molecule has 2 amide bonds. The van der Waals surface area contributed by atoms with E-state index in [-0.39, 0.29) is 6.03 Å². The molecule has 0 heterocycles. The van der Waals surface area contributed by atoms with Gasteiger partial charge < -0.3 is 10.6 Å². The zero-order valence-corrected chi connectivity index (χ0v) is 12.1. The first-order chi connectivity index (χ1) is 9.65. The van der Waals surface area contributed by atoms with E-state index in [9.17, 15) is 4.79 Å². The minimum atomic E-state index is -0.221. The lowest BCUT2D eigenvalue weighted by Gasteiger charge is -2.09. The van der Waals surface area contributed by atoms with Gasteiger partial charge in [0.15, 0.2) is 0 Å². The number of anilines is 1. The van der Waals surface area contributed by atoms with Crippen LogP contribution < -0.4 is 10.6 Å². The molecule has 2 N–H and O–H groups in total. The van der Waals surface area contributed by atoms with Crippen LogP contribution in [0, 0.1) is 6.92 Å². The summed E-state index contributed by atoms with van der Waals surface area (Å²) in [5.41, 5.74) is 3.17. The summed E-state index contributed by atoms with van der Waals surface area (Å²) in [7, 11) is 0. The van der Waals surface area contributed by atoms with Gasteiger partial charge in [-0.2, -0.15) is 0 Å². The highest BCUT2D eigenvalue weighted by Gasteiger charge is 2.02. The van der Waals surface area contributed by atoms with Crippen LogP contribution in [0.4, 0.5) is 10.5 Å². The van der Waals surface area contributed by atoms with E-state index in [2.05, 4.69) is 29.7 Å². The highest BCUT2D eigenvalue weighted by molar-refractivity contribution is 6.30. The van der Waals surface area contributed by atoms with E-state index >= 15 is 0 Å². The standard InChI is InChI=1S/C16H17ClN2O/c1-12-5-2-3-6-13(12)9-10-18-16(20)19-15-8-4-7-14(17)11-15/h2-8,11H,9-10H2,1H3,(H2,18,19,20). The number of benzene rings is 2. The highest BCUT2D eigenvalue weighted by atomic mass is 35.5. The van der Waals surface area contributed by atoms with Crippen LogP contribution in [0.5, 0.6) is 0 Å². The molecule has 2 aromatic rings. The highest BCUT2D eigenvalue weighted by Crippen LogP contribution is 2.14. The van der Waals surface area contributed by atoms with Crippen LogP contribution in [-0.4, -0.2) is 12.6 Å². The molecule has 0 atom stereocenters. The lowest BCUT2D eigenvalue weighted by molar-refractivity contribution is 0.252. The van der Waals surface area contributed by atoms with E-state index in [0.29, 0.717) is 17.3 Å². The topological polar surface area (TPSA) is 41.1 Å². The second-order valence-electron chi connectivity index (χ2n) is 4.57. The number of nitrogens with one attached hydrogen (secondary N) is 2. The monoisotopic (exact) mass is 288 g/mol. The van der Waals surface area contributed by atoms with Gasteiger partial charge >= 0.3 is 6.03 Å². The number of carbonyl (C=O) groups excluding carboxylic acids is 1. The second kappa shape index (κ2) is 6.96. The zero-order chi connectivity index (χ0) is 14.4. The molecular formula is C16H17ClN2O. The van der Waals surface area contributed by atoms with Crippen molar-refractivity contribution in [3.8, 4) is 0 Å². The molecule has 0 aliphatic carbocycles. The number of hydrogen-bond acceptors (Lipinski definition) is 1. The number of amides is 2. The first kappa shape index (κ1) is 14.4. The van der Waals surface area contributed by atoms with Gasteiger partial charge in [-0.05, 0) is 42.7 Å². The van der Waals surface area contributed by atoms with Crippen LogP contribution in [-0.2, 0) is 6.42 Å². The van der Waals surface area contributed by atoms with E-state index in [1.54, 1.807) is 24.3 Å². The molecule has 2 rings (SSSR count). The lowest BCUT2D eigenvalue weighted by atomic mass is 10.1. The van der Waals surface area contributed by atoms with Gasteiger partial charge in [0.1, 0.15) is 0 Å². The number of rotatable bonds is 4. The van der Waals surface area contributed by atoms with Gasteiger partial charge in [-0.15, -0.1) is 0 Å². The summed E-state index contributed by atoms with van der Waals surface area (Å²) in [5, 5.41) is 6.18. The maximum Gasteiger partial charge on any atom is 0.319 e. The molecule has 2 aromatic carbocycles. The number of halogens is 1. The Balaban J connectivity index is 1.80. The fraction of sp³-hybridized carbons (Fsp3) is 0.188. The van der Waals surface area contributed by atoms with E-state index in [1.807, 2.05) is 12.1 Å². The predicted octanol–water partition coefficient (Wildman–Crippen LogP) is 4.01. The summed E-state index contributed by atoms with van der Waals surface area (Å²) in [5.74, 6) is 0. The van der Waals surface area contributed by atoms with E-state index in [4.69, 9.17) is 11.6 Å². The Morgan fingerprint density at radius 3 is 2.70 bits per heavy atom. The van der Waals surface area contributed by atoms with Crippen molar-refractivity contribution in [3.05, 3.63) is 64.7 Å². The number of carbonyl (C=O) groups is 1. The molecule has 0 aliphatic rings. The second-order valence-corrected chi connectivity index (χ2v) is 5.00. The molecule has 0 aromatic heterocycles. The van der Waals surface area contributed by atoms with Crippen molar-refractivity contribution in [2.45, 2.75) is 13.3 Å². The summed E-state index contributed by atoms with van der Waals surface area (Å²) in [6.45, 7) is 2.67. The van der Waals surface area contributed by atoms with Gasteiger partial charge in [0, 0.05) is 17.3 Å². The molecule has 0 spiro atoms. The summed E-state index contributed by atoms with van der Waals surface area (Å²) in [6.07, 6.45) is 0.815. The average molecular weight is 289 g/mol. The van der Waals surface area contributed by atoms with Gasteiger partial charge in [-0.3, -0.25) is 0 Å². The first-order valence-corrected chi connectivity index (χ1v) is 6.88. The van der Waals surface area contributed by atoms with Gasteiger partial charge in [0.2, 0.25) is 0 Å². The molecule has 0 saturated heterocycles. The zero-order valence-electron chi connectivity index (χ0n) is 11.3. The Hall–Kier alpha value is -2.00. The smallest absolute Gasteiger partial charge is 0.319 e. The maximum absolute atomic E-state index is 11.7. The minimum absolute atomic E-state index is 0.221. The summed E-state index contributed by atoms with van der Waals surface area (Å²) >= 11 is 5.86. The van der Waals surface area contributed by atoms with Crippen LogP contribution in [0.15, 0.2) is 48.5 Å². The molecule has 0 unspecified atom stereocenters. The quantitative estimate of drug-likeness (QED) is 0.877. The molecule has 0 radical (unpaired) electrons. The van der Waals surface area contributed by atoms with Crippen molar-refractivity contribution in [2.24, 2.45) is 0 Å². The Kier molecular flexibility index (Phi) is 5.02. The fourth-order valence-electron chi connectivity index (χ4n) is 1.94.